The van der Waals surface area contributed by atoms with Crippen LogP contribution < -0.4 is 0 Å². The van der Waals surface area contributed by atoms with Gasteiger partial charge in [-0.2, -0.15) is 0 Å². The van der Waals surface area contributed by atoms with E-state index in [0.29, 0.717) is 0 Å². The molecule has 18 heavy (non-hydrogen) atoms. The minimum atomic E-state index is -0.312. The first kappa shape index (κ1) is 12.6. The summed E-state index contributed by atoms with van der Waals surface area (Å²) >= 11 is 3.31. The fourth-order valence-corrected chi connectivity index (χ4v) is 1.95. The van der Waals surface area contributed by atoms with Crippen molar-refractivity contribution in [3.63, 3.8) is 0 Å². The van der Waals surface area contributed by atoms with Crippen molar-refractivity contribution < 1.29 is 15.0 Å². The largest absolute Gasteiger partial charge is 0.507 e. The molecule has 0 fully saturated rings. The van der Waals surface area contributed by atoms with E-state index < -0.39 is 0 Å². The van der Waals surface area contributed by atoms with Gasteiger partial charge in [0.2, 0.25) is 0 Å². The Morgan fingerprint density at radius 1 is 1.00 bits per heavy atom. The Balaban J connectivity index is 2.25. The molecule has 0 saturated carbocycles. The SMILES string of the molecule is O=C(Cc1ccc(Br)cc1)c1c(O)cccc1O. The second kappa shape index (κ2) is 5.23. The molecule has 4 heteroatoms. The summed E-state index contributed by atoms with van der Waals surface area (Å²) in [6, 6.07) is 11.6. The monoisotopic (exact) mass is 306 g/mol. The van der Waals surface area contributed by atoms with Gasteiger partial charge in [0.25, 0.3) is 0 Å². The van der Waals surface area contributed by atoms with E-state index in [1.165, 1.54) is 18.2 Å². The summed E-state index contributed by atoms with van der Waals surface area (Å²) < 4.78 is 0.934. The minimum absolute atomic E-state index is 0.0274. The molecular weight excluding hydrogens is 296 g/mol. The third-order valence-corrected chi connectivity index (χ3v) is 3.11. The number of carbonyl (C=O) groups is 1. The van der Waals surface area contributed by atoms with Crippen molar-refractivity contribution in [2.75, 3.05) is 0 Å². The van der Waals surface area contributed by atoms with E-state index in [-0.39, 0.29) is 29.3 Å². The molecule has 0 aliphatic carbocycles. The second-order valence-electron chi connectivity index (χ2n) is 3.90. The van der Waals surface area contributed by atoms with Crippen molar-refractivity contribution in [3.05, 3.63) is 58.1 Å². The van der Waals surface area contributed by atoms with Crippen molar-refractivity contribution >= 4 is 21.7 Å². The molecule has 0 bridgehead atoms. The fourth-order valence-electron chi connectivity index (χ4n) is 1.69. The lowest BCUT2D eigenvalue weighted by molar-refractivity contribution is 0.0987. The van der Waals surface area contributed by atoms with Crippen LogP contribution in [0.3, 0.4) is 0 Å². The predicted molar refractivity (Wildman–Crippen MR) is 71.9 cm³/mol. The van der Waals surface area contributed by atoms with E-state index in [4.69, 9.17) is 0 Å². The van der Waals surface area contributed by atoms with Crippen LogP contribution in [0.1, 0.15) is 15.9 Å². The van der Waals surface area contributed by atoms with E-state index >= 15 is 0 Å². The molecule has 3 nitrogen and oxygen atoms in total. The van der Waals surface area contributed by atoms with Crippen LogP contribution in [0.15, 0.2) is 46.9 Å². The zero-order valence-electron chi connectivity index (χ0n) is 9.43. The highest BCUT2D eigenvalue weighted by Gasteiger charge is 2.16. The number of hydrogen-bond acceptors (Lipinski definition) is 3. The van der Waals surface area contributed by atoms with Gasteiger partial charge >= 0.3 is 0 Å². The first-order valence-electron chi connectivity index (χ1n) is 5.36. The van der Waals surface area contributed by atoms with Gasteiger partial charge in [-0.15, -0.1) is 0 Å². The van der Waals surface area contributed by atoms with E-state index in [1.807, 2.05) is 24.3 Å². The highest BCUT2D eigenvalue weighted by Crippen LogP contribution is 2.27. The zero-order valence-corrected chi connectivity index (χ0v) is 11.0. The molecule has 2 rings (SSSR count). The molecule has 0 aromatic heterocycles. The summed E-state index contributed by atoms with van der Waals surface area (Å²) in [6.07, 6.45) is 0.137. The molecule has 2 N–H and O–H groups in total. The Morgan fingerprint density at radius 2 is 1.56 bits per heavy atom. The van der Waals surface area contributed by atoms with Crippen LogP contribution in [0, 0.1) is 0 Å². The quantitative estimate of drug-likeness (QED) is 0.856. The van der Waals surface area contributed by atoms with Crippen molar-refractivity contribution in [1.29, 1.82) is 0 Å². The first-order chi connectivity index (χ1) is 8.58. The normalized spacial score (nSPS) is 10.3. The number of hydrogen-bond donors (Lipinski definition) is 2. The number of Topliss-reactive ketones (excluding diaryl/α,β-unsaturated/α-hetero) is 1. The Kier molecular flexibility index (Phi) is 3.67. The number of ketones is 1. The van der Waals surface area contributed by atoms with Crippen molar-refractivity contribution in [2.45, 2.75) is 6.42 Å². The molecule has 0 saturated heterocycles. The molecule has 0 spiro atoms. The Bertz CT molecular complexity index is 556. The summed E-state index contributed by atoms with van der Waals surface area (Å²) in [5, 5.41) is 19.2. The summed E-state index contributed by atoms with van der Waals surface area (Å²) in [5.41, 5.74) is 0.797. The first-order valence-corrected chi connectivity index (χ1v) is 6.16. The van der Waals surface area contributed by atoms with Gasteiger partial charge in [-0.1, -0.05) is 34.1 Å². The molecule has 0 radical (unpaired) electrons. The molecule has 0 aliphatic rings. The van der Waals surface area contributed by atoms with Crippen LogP contribution in [-0.2, 0) is 6.42 Å². The number of phenolic OH excluding ortho intramolecular Hbond substituents is 2. The van der Waals surface area contributed by atoms with Gasteiger partial charge in [0.15, 0.2) is 5.78 Å². The Labute approximate surface area is 113 Å². The number of halogens is 1. The van der Waals surface area contributed by atoms with Crippen molar-refractivity contribution in [3.8, 4) is 11.5 Å². The molecule has 2 aromatic carbocycles. The predicted octanol–water partition coefficient (Wildman–Crippen LogP) is 3.29. The standard InChI is InChI=1S/C14H11BrO3/c15-10-6-4-9(5-7-10)8-13(18)14-11(16)2-1-3-12(14)17/h1-7,16-17H,8H2. The van der Waals surface area contributed by atoms with Crippen LogP contribution in [0.4, 0.5) is 0 Å². The van der Waals surface area contributed by atoms with Crippen molar-refractivity contribution in [2.24, 2.45) is 0 Å². The van der Waals surface area contributed by atoms with Gasteiger partial charge in [-0.3, -0.25) is 4.79 Å². The summed E-state index contributed by atoms with van der Waals surface area (Å²) in [5.74, 6) is -0.706. The van der Waals surface area contributed by atoms with Gasteiger partial charge in [0, 0.05) is 10.9 Å². The van der Waals surface area contributed by atoms with E-state index in [1.54, 1.807) is 0 Å². The van der Waals surface area contributed by atoms with Gasteiger partial charge in [-0.05, 0) is 29.8 Å². The summed E-state index contributed by atoms with van der Waals surface area (Å²) in [6.45, 7) is 0. The maximum atomic E-state index is 12.0. The molecule has 0 unspecified atom stereocenters. The van der Waals surface area contributed by atoms with E-state index in [0.717, 1.165) is 10.0 Å². The minimum Gasteiger partial charge on any atom is -0.507 e. The lowest BCUT2D eigenvalue weighted by atomic mass is 10.0. The Morgan fingerprint density at radius 3 is 2.11 bits per heavy atom. The van der Waals surface area contributed by atoms with Crippen LogP contribution in [0.25, 0.3) is 0 Å². The van der Waals surface area contributed by atoms with E-state index in [9.17, 15) is 15.0 Å². The third kappa shape index (κ3) is 2.71. The van der Waals surface area contributed by atoms with Crippen LogP contribution >= 0.6 is 15.9 Å². The second-order valence-corrected chi connectivity index (χ2v) is 4.81. The summed E-state index contributed by atoms with van der Waals surface area (Å²) in [4.78, 5) is 12.0. The smallest absolute Gasteiger partial charge is 0.174 e. The molecule has 0 aliphatic heterocycles. The molecular formula is C14H11BrO3. The highest BCUT2D eigenvalue weighted by molar-refractivity contribution is 9.10. The molecule has 0 heterocycles. The number of phenols is 2. The van der Waals surface area contributed by atoms with E-state index in [2.05, 4.69) is 15.9 Å². The molecule has 92 valence electrons. The summed E-state index contributed by atoms with van der Waals surface area (Å²) in [7, 11) is 0. The maximum Gasteiger partial charge on any atom is 0.174 e. The lowest BCUT2D eigenvalue weighted by Gasteiger charge is -2.06. The number of aromatic hydroxyl groups is 2. The topological polar surface area (TPSA) is 57.5 Å². The number of rotatable bonds is 3. The highest BCUT2D eigenvalue weighted by atomic mass is 79.9. The average molecular weight is 307 g/mol. The lowest BCUT2D eigenvalue weighted by Crippen LogP contribution is -2.04. The Hall–Kier alpha value is -1.81. The molecule has 2 aromatic rings. The number of carbonyl (C=O) groups excluding carboxylic acids is 1. The van der Waals surface area contributed by atoms with Crippen LogP contribution in [0.2, 0.25) is 0 Å². The molecule has 0 atom stereocenters. The maximum absolute atomic E-state index is 12.0. The molecule has 0 amide bonds. The third-order valence-electron chi connectivity index (χ3n) is 2.58. The van der Waals surface area contributed by atoms with Crippen molar-refractivity contribution in [1.82, 2.24) is 0 Å². The van der Waals surface area contributed by atoms with Gasteiger partial charge < -0.3 is 10.2 Å². The van der Waals surface area contributed by atoms with Gasteiger partial charge in [0.1, 0.15) is 17.1 Å². The number of benzene rings is 2. The van der Waals surface area contributed by atoms with Crippen LogP contribution in [0.5, 0.6) is 11.5 Å². The van der Waals surface area contributed by atoms with Gasteiger partial charge in [0.05, 0.1) is 0 Å². The zero-order chi connectivity index (χ0) is 13.1. The van der Waals surface area contributed by atoms with Gasteiger partial charge in [-0.25, -0.2) is 0 Å². The van der Waals surface area contributed by atoms with Crippen LogP contribution in [-0.4, -0.2) is 16.0 Å². The average Bonchev–Trinajstić information content (AvgIpc) is 2.32. The fraction of sp³-hybridized carbons (Fsp3) is 0.0714.